The van der Waals surface area contributed by atoms with Gasteiger partial charge in [-0.25, -0.2) is 0 Å². The van der Waals surface area contributed by atoms with Crippen LogP contribution >= 0.6 is 0 Å². The number of rotatable bonds is 3. The Morgan fingerprint density at radius 2 is 1.90 bits per heavy atom. The molecule has 0 bridgehead atoms. The molecule has 2 aromatic carbocycles. The van der Waals surface area contributed by atoms with Crippen molar-refractivity contribution in [2.75, 3.05) is 19.5 Å². The molecule has 0 aliphatic heterocycles. The number of hydrogen-bond acceptors (Lipinski definition) is 3. The molecule has 0 saturated carbocycles. The second-order valence-electron chi connectivity index (χ2n) is 4.54. The van der Waals surface area contributed by atoms with E-state index in [1.165, 1.54) is 5.39 Å². The number of pyridine rings is 1. The van der Waals surface area contributed by atoms with Crippen molar-refractivity contribution in [3.8, 4) is 17.0 Å². The topological polar surface area (TPSA) is 34.1 Å². The Kier molecular flexibility index (Phi) is 3.25. The summed E-state index contributed by atoms with van der Waals surface area (Å²) in [5.74, 6) is 0.846. The maximum absolute atomic E-state index is 5.41. The van der Waals surface area contributed by atoms with Crippen LogP contribution in [-0.2, 0) is 0 Å². The maximum atomic E-state index is 5.41. The molecule has 0 spiro atoms. The normalized spacial score (nSPS) is 10.5. The van der Waals surface area contributed by atoms with Crippen molar-refractivity contribution in [3.05, 3.63) is 54.7 Å². The van der Waals surface area contributed by atoms with Crippen LogP contribution in [0.2, 0.25) is 0 Å². The Labute approximate surface area is 118 Å². The largest absolute Gasteiger partial charge is 0.495 e. The van der Waals surface area contributed by atoms with Crippen molar-refractivity contribution in [3.63, 3.8) is 0 Å². The minimum absolute atomic E-state index is 0.846. The van der Waals surface area contributed by atoms with Gasteiger partial charge in [-0.15, -0.1) is 0 Å². The number of methoxy groups -OCH3 is 1. The van der Waals surface area contributed by atoms with Crippen molar-refractivity contribution < 1.29 is 4.74 Å². The summed E-state index contributed by atoms with van der Waals surface area (Å²) in [5.41, 5.74) is 3.07. The lowest BCUT2D eigenvalue weighted by Gasteiger charge is -2.12. The van der Waals surface area contributed by atoms with E-state index in [1.54, 1.807) is 7.11 Å². The molecule has 0 unspecified atom stereocenters. The lowest BCUT2D eigenvalue weighted by Crippen LogP contribution is -1.95. The molecule has 1 aromatic heterocycles. The lowest BCUT2D eigenvalue weighted by atomic mass is 10.0. The van der Waals surface area contributed by atoms with Crippen LogP contribution in [0.1, 0.15) is 0 Å². The molecule has 0 saturated heterocycles. The quantitative estimate of drug-likeness (QED) is 0.777. The van der Waals surface area contributed by atoms with Crippen molar-refractivity contribution in [1.82, 2.24) is 4.98 Å². The number of anilines is 1. The van der Waals surface area contributed by atoms with E-state index >= 15 is 0 Å². The monoisotopic (exact) mass is 264 g/mol. The van der Waals surface area contributed by atoms with Gasteiger partial charge in [0.1, 0.15) is 5.75 Å². The molecule has 1 heterocycles. The van der Waals surface area contributed by atoms with Crippen LogP contribution in [0.4, 0.5) is 5.69 Å². The van der Waals surface area contributed by atoms with Gasteiger partial charge < -0.3 is 10.1 Å². The molecule has 0 fully saturated rings. The first-order chi connectivity index (χ1) is 9.83. The van der Waals surface area contributed by atoms with Crippen LogP contribution in [0.5, 0.6) is 5.75 Å². The third-order valence-electron chi connectivity index (χ3n) is 3.41. The molecule has 3 aromatic rings. The van der Waals surface area contributed by atoms with E-state index in [2.05, 4.69) is 34.6 Å². The second-order valence-corrected chi connectivity index (χ2v) is 4.54. The molecule has 0 atom stereocenters. The van der Waals surface area contributed by atoms with Crippen molar-refractivity contribution in [1.29, 1.82) is 0 Å². The van der Waals surface area contributed by atoms with Crippen LogP contribution in [0.3, 0.4) is 0 Å². The Hall–Kier alpha value is -2.55. The highest BCUT2D eigenvalue weighted by Crippen LogP contribution is 2.35. The summed E-state index contributed by atoms with van der Waals surface area (Å²) in [6.07, 6.45) is 1.81. The average molecular weight is 264 g/mol. The van der Waals surface area contributed by atoms with E-state index in [0.29, 0.717) is 0 Å². The third kappa shape index (κ3) is 2.07. The Morgan fingerprint density at radius 1 is 1.05 bits per heavy atom. The standard InChI is InChI=1S/C17H16N2O/c1-18-17-14-11-13(15-5-3-4-10-19-15)7-6-12(14)8-9-16(17)20-2/h3-11,18H,1-2H3. The summed E-state index contributed by atoms with van der Waals surface area (Å²) >= 11 is 0. The van der Waals surface area contributed by atoms with E-state index in [4.69, 9.17) is 4.74 Å². The van der Waals surface area contributed by atoms with E-state index < -0.39 is 0 Å². The molecule has 3 heteroatoms. The van der Waals surface area contributed by atoms with Gasteiger partial charge in [-0.3, -0.25) is 4.98 Å². The lowest BCUT2D eigenvalue weighted by molar-refractivity contribution is 0.417. The summed E-state index contributed by atoms with van der Waals surface area (Å²) in [6.45, 7) is 0. The number of hydrogen-bond donors (Lipinski definition) is 1. The van der Waals surface area contributed by atoms with E-state index in [9.17, 15) is 0 Å². The highest BCUT2D eigenvalue weighted by atomic mass is 16.5. The van der Waals surface area contributed by atoms with Gasteiger partial charge in [0, 0.05) is 24.2 Å². The van der Waals surface area contributed by atoms with Crippen LogP contribution in [-0.4, -0.2) is 19.1 Å². The summed E-state index contributed by atoms with van der Waals surface area (Å²) in [5, 5.41) is 5.53. The van der Waals surface area contributed by atoms with Crippen LogP contribution in [0, 0.1) is 0 Å². The third-order valence-corrected chi connectivity index (χ3v) is 3.41. The second kappa shape index (κ2) is 5.21. The van der Waals surface area contributed by atoms with Gasteiger partial charge >= 0.3 is 0 Å². The molecule has 3 nitrogen and oxygen atoms in total. The molecular weight excluding hydrogens is 248 g/mol. The molecule has 0 aliphatic carbocycles. The van der Waals surface area contributed by atoms with Gasteiger partial charge in [-0.1, -0.05) is 24.3 Å². The van der Waals surface area contributed by atoms with Crippen molar-refractivity contribution >= 4 is 16.5 Å². The molecule has 0 amide bonds. The SMILES string of the molecule is CNc1c(OC)ccc2ccc(-c3ccccn3)cc12. The first-order valence-corrected chi connectivity index (χ1v) is 6.53. The van der Waals surface area contributed by atoms with Crippen molar-refractivity contribution in [2.24, 2.45) is 0 Å². The predicted octanol–water partition coefficient (Wildman–Crippen LogP) is 3.95. The molecule has 20 heavy (non-hydrogen) atoms. The van der Waals surface area contributed by atoms with E-state index in [1.807, 2.05) is 37.5 Å². The number of benzene rings is 2. The maximum Gasteiger partial charge on any atom is 0.142 e. The first-order valence-electron chi connectivity index (χ1n) is 6.53. The molecular formula is C17H16N2O. The zero-order chi connectivity index (χ0) is 13.9. The fraction of sp³-hybridized carbons (Fsp3) is 0.118. The highest BCUT2D eigenvalue weighted by Gasteiger charge is 2.08. The van der Waals surface area contributed by atoms with E-state index in [0.717, 1.165) is 28.1 Å². The molecule has 100 valence electrons. The van der Waals surface area contributed by atoms with E-state index in [-0.39, 0.29) is 0 Å². The summed E-state index contributed by atoms with van der Waals surface area (Å²) in [7, 11) is 3.59. The number of fused-ring (bicyclic) bond motifs is 1. The Bertz CT molecular complexity index is 739. The molecule has 3 rings (SSSR count). The fourth-order valence-corrected chi connectivity index (χ4v) is 2.42. The number of nitrogens with one attached hydrogen (secondary N) is 1. The summed E-state index contributed by atoms with van der Waals surface area (Å²) in [6, 6.07) is 16.3. The predicted molar refractivity (Wildman–Crippen MR) is 83.3 cm³/mol. The summed E-state index contributed by atoms with van der Waals surface area (Å²) < 4.78 is 5.41. The van der Waals surface area contributed by atoms with Gasteiger partial charge in [-0.05, 0) is 29.7 Å². The number of aromatic nitrogens is 1. The number of nitrogens with zero attached hydrogens (tertiary/aromatic N) is 1. The van der Waals surface area contributed by atoms with Gasteiger partial charge in [0.2, 0.25) is 0 Å². The molecule has 1 N–H and O–H groups in total. The van der Waals surface area contributed by atoms with Crippen LogP contribution in [0.15, 0.2) is 54.7 Å². The van der Waals surface area contributed by atoms with Gasteiger partial charge in [-0.2, -0.15) is 0 Å². The highest BCUT2D eigenvalue weighted by molar-refractivity contribution is 5.99. The van der Waals surface area contributed by atoms with Gasteiger partial charge in [0.25, 0.3) is 0 Å². The van der Waals surface area contributed by atoms with Crippen LogP contribution < -0.4 is 10.1 Å². The summed E-state index contributed by atoms with van der Waals surface area (Å²) in [4.78, 5) is 4.40. The Morgan fingerprint density at radius 3 is 2.60 bits per heavy atom. The minimum atomic E-state index is 0.846. The van der Waals surface area contributed by atoms with Gasteiger partial charge in [0.15, 0.2) is 0 Å². The first kappa shape index (κ1) is 12.5. The zero-order valence-electron chi connectivity index (χ0n) is 11.6. The molecule has 0 radical (unpaired) electrons. The van der Waals surface area contributed by atoms with Crippen LogP contribution in [0.25, 0.3) is 22.0 Å². The zero-order valence-corrected chi connectivity index (χ0v) is 11.6. The van der Waals surface area contributed by atoms with Gasteiger partial charge in [0.05, 0.1) is 18.5 Å². The number of ether oxygens (including phenoxy) is 1. The molecule has 0 aliphatic rings. The average Bonchev–Trinajstić information content (AvgIpc) is 2.54. The fourth-order valence-electron chi connectivity index (χ4n) is 2.42. The Balaban J connectivity index is 2.24. The minimum Gasteiger partial charge on any atom is -0.495 e. The smallest absolute Gasteiger partial charge is 0.142 e. The van der Waals surface area contributed by atoms with Crippen molar-refractivity contribution in [2.45, 2.75) is 0 Å².